The number of amides is 1. The van der Waals surface area contributed by atoms with Crippen molar-refractivity contribution in [2.45, 2.75) is 0 Å². The Morgan fingerprint density at radius 3 is 2.38 bits per heavy atom. The number of halogens is 3. The summed E-state index contributed by atoms with van der Waals surface area (Å²) in [6.45, 7) is 0. The molecule has 9 heteroatoms. The maximum atomic E-state index is 11.8. The highest BCUT2D eigenvalue weighted by Crippen LogP contribution is 2.33. The van der Waals surface area contributed by atoms with Crippen molar-refractivity contribution in [3.05, 3.63) is 73.2 Å². The average molecular weight is 387 g/mol. The minimum absolute atomic E-state index is 0.0988. The predicted octanol–water partition coefficient (Wildman–Crippen LogP) is 4.71. The number of hydrogen-bond acceptors (Lipinski definition) is 4. The molecular formula is C15H10Cl3N3O3. The average Bonchev–Trinajstić information content (AvgIpc) is 2.52. The van der Waals surface area contributed by atoms with E-state index >= 15 is 0 Å². The van der Waals surface area contributed by atoms with Gasteiger partial charge in [0.15, 0.2) is 0 Å². The molecule has 1 amide bonds. The summed E-state index contributed by atoms with van der Waals surface area (Å²) in [7, 11) is 0. The van der Waals surface area contributed by atoms with Crippen molar-refractivity contribution in [1.82, 2.24) is 5.43 Å². The smallest absolute Gasteiger partial charge is 0.276 e. The summed E-state index contributed by atoms with van der Waals surface area (Å²) in [4.78, 5) is 22.2. The van der Waals surface area contributed by atoms with Crippen LogP contribution in [0.15, 0.2) is 42.5 Å². The van der Waals surface area contributed by atoms with Crippen LogP contribution in [0.4, 0.5) is 11.4 Å². The molecule has 2 N–H and O–H groups in total. The van der Waals surface area contributed by atoms with Gasteiger partial charge in [-0.3, -0.25) is 25.8 Å². The molecule has 0 aromatic heterocycles. The van der Waals surface area contributed by atoms with E-state index in [4.69, 9.17) is 34.8 Å². The number of anilines is 1. The van der Waals surface area contributed by atoms with E-state index in [1.165, 1.54) is 30.3 Å². The van der Waals surface area contributed by atoms with E-state index in [1.807, 2.05) is 0 Å². The van der Waals surface area contributed by atoms with Crippen molar-refractivity contribution in [3.8, 4) is 0 Å². The van der Waals surface area contributed by atoms with Crippen LogP contribution in [0, 0.1) is 10.1 Å². The van der Waals surface area contributed by atoms with Crippen molar-refractivity contribution in [2.24, 2.45) is 0 Å². The number of nitrogens with one attached hydrogen (secondary N) is 2. The maximum absolute atomic E-state index is 11.8. The monoisotopic (exact) mass is 385 g/mol. The van der Waals surface area contributed by atoms with Crippen LogP contribution in [0.25, 0.3) is 6.08 Å². The molecule has 24 heavy (non-hydrogen) atoms. The molecular weight excluding hydrogens is 377 g/mol. The molecule has 0 aliphatic rings. The summed E-state index contributed by atoms with van der Waals surface area (Å²) in [5, 5.41) is 11.7. The highest BCUT2D eigenvalue weighted by atomic mass is 35.5. The molecule has 0 unspecified atom stereocenters. The van der Waals surface area contributed by atoms with Crippen LogP contribution in [0.1, 0.15) is 5.56 Å². The second kappa shape index (κ2) is 8.01. The Kier molecular flexibility index (Phi) is 6.03. The molecule has 0 aliphatic heterocycles. The van der Waals surface area contributed by atoms with Gasteiger partial charge in [0, 0.05) is 17.2 Å². The summed E-state index contributed by atoms with van der Waals surface area (Å²) in [5.74, 6) is -0.546. The van der Waals surface area contributed by atoms with E-state index in [-0.39, 0.29) is 21.4 Å². The lowest BCUT2D eigenvalue weighted by Crippen LogP contribution is -2.27. The van der Waals surface area contributed by atoms with E-state index in [0.29, 0.717) is 10.6 Å². The van der Waals surface area contributed by atoms with Crippen molar-refractivity contribution >= 4 is 58.2 Å². The molecule has 6 nitrogen and oxygen atoms in total. The fourth-order valence-electron chi connectivity index (χ4n) is 1.79. The van der Waals surface area contributed by atoms with Gasteiger partial charge in [-0.05, 0) is 24.3 Å². The van der Waals surface area contributed by atoms with Crippen molar-refractivity contribution in [1.29, 1.82) is 0 Å². The SMILES string of the molecule is O=C(/C=C/c1ccccc1[N+](=O)[O-])NNc1c(Cl)cc(Cl)cc1Cl. The normalized spacial score (nSPS) is 10.6. The van der Waals surface area contributed by atoms with Gasteiger partial charge in [0.2, 0.25) is 0 Å². The first-order valence-electron chi connectivity index (χ1n) is 6.50. The van der Waals surface area contributed by atoms with Gasteiger partial charge in [0.1, 0.15) is 0 Å². The number of benzene rings is 2. The lowest BCUT2D eigenvalue weighted by Gasteiger charge is -2.10. The Morgan fingerprint density at radius 2 is 1.75 bits per heavy atom. The van der Waals surface area contributed by atoms with E-state index in [9.17, 15) is 14.9 Å². The molecule has 124 valence electrons. The van der Waals surface area contributed by atoms with E-state index < -0.39 is 10.8 Å². The first kappa shape index (κ1) is 18.1. The van der Waals surface area contributed by atoms with E-state index in [1.54, 1.807) is 12.1 Å². The fraction of sp³-hybridized carbons (Fsp3) is 0. The minimum Gasteiger partial charge on any atom is -0.295 e. The zero-order valence-corrected chi connectivity index (χ0v) is 14.2. The zero-order valence-electron chi connectivity index (χ0n) is 11.9. The number of carbonyl (C=O) groups excluding carboxylic acids is 1. The quantitative estimate of drug-likeness (QED) is 0.443. The van der Waals surface area contributed by atoms with Gasteiger partial charge in [-0.1, -0.05) is 46.9 Å². The standard InChI is InChI=1S/C15H10Cl3N3O3/c16-10-7-11(17)15(12(18)8-10)20-19-14(22)6-5-9-3-1-2-4-13(9)21(23)24/h1-8,20H,(H,19,22)/b6-5+. The number of hydrazine groups is 1. The fourth-order valence-corrected chi connectivity index (χ4v) is 2.70. The number of nitro benzene ring substituents is 1. The summed E-state index contributed by atoms with van der Waals surface area (Å²) in [6.07, 6.45) is 2.48. The van der Waals surface area contributed by atoms with E-state index in [0.717, 1.165) is 6.08 Å². The van der Waals surface area contributed by atoms with Crippen LogP contribution >= 0.6 is 34.8 Å². The third-order valence-corrected chi connectivity index (χ3v) is 3.68. The van der Waals surface area contributed by atoms with Crippen LogP contribution in [-0.2, 0) is 4.79 Å². The Morgan fingerprint density at radius 1 is 1.12 bits per heavy atom. The molecule has 0 fully saturated rings. The molecule has 0 saturated heterocycles. The summed E-state index contributed by atoms with van der Waals surface area (Å²) in [6, 6.07) is 8.99. The second-order valence-corrected chi connectivity index (χ2v) is 5.76. The van der Waals surface area contributed by atoms with Crippen molar-refractivity contribution in [3.63, 3.8) is 0 Å². The number of rotatable bonds is 5. The van der Waals surface area contributed by atoms with Gasteiger partial charge >= 0.3 is 0 Å². The Hall–Kier alpha value is -2.28. The summed E-state index contributed by atoms with van der Waals surface area (Å²) >= 11 is 17.7. The van der Waals surface area contributed by atoms with Crippen LogP contribution in [-0.4, -0.2) is 10.8 Å². The van der Waals surface area contributed by atoms with Crippen LogP contribution in [0.2, 0.25) is 15.1 Å². The second-order valence-electron chi connectivity index (χ2n) is 4.51. The topological polar surface area (TPSA) is 84.3 Å². The molecule has 0 bridgehead atoms. The van der Waals surface area contributed by atoms with E-state index in [2.05, 4.69) is 10.9 Å². The first-order chi connectivity index (χ1) is 11.4. The highest BCUT2D eigenvalue weighted by Gasteiger charge is 2.10. The third kappa shape index (κ3) is 4.61. The molecule has 0 saturated carbocycles. The lowest BCUT2D eigenvalue weighted by molar-refractivity contribution is -0.385. The lowest BCUT2D eigenvalue weighted by atomic mass is 10.1. The number of para-hydroxylation sites is 1. The third-order valence-electron chi connectivity index (χ3n) is 2.87. The van der Waals surface area contributed by atoms with Crippen molar-refractivity contribution in [2.75, 3.05) is 5.43 Å². The number of carbonyl (C=O) groups is 1. The Labute approximate surface area is 152 Å². The molecule has 2 rings (SSSR count). The Balaban J connectivity index is 2.06. The highest BCUT2D eigenvalue weighted by molar-refractivity contribution is 6.41. The molecule has 0 radical (unpaired) electrons. The minimum atomic E-state index is -0.546. The zero-order chi connectivity index (χ0) is 17.7. The van der Waals surface area contributed by atoms with Gasteiger partial charge in [-0.2, -0.15) is 0 Å². The van der Waals surface area contributed by atoms with Crippen LogP contribution in [0.3, 0.4) is 0 Å². The van der Waals surface area contributed by atoms with Crippen LogP contribution < -0.4 is 10.9 Å². The number of hydrogen-bond donors (Lipinski definition) is 2. The molecule has 2 aromatic rings. The number of nitrogens with zero attached hydrogens (tertiary/aromatic N) is 1. The summed E-state index contributed by atoms with van der Waals surface area (Å²) < 4.78 is 0. The molecule has 2 aromatic carbocycles. The van der Waals surface area contributed by atoms with Gasteiger partial charge in [0.05, 0.1) is 26.2 Å². The largest absolute Gasteiger partial charge is 0.295 e. The van der Waals surface area contributed by atoms with Crippen LogP contribution in [0.5, 0.6) is 0 Å². The first-order valence-corrected chi connectivity index (χ1v) is 7.64. The molecule has 0 spiro atoms. The molecule has 0 aliphatic carbocycles. The Bertz CT molecular complexity index is 802. The molecule has 0 atom stereocenters. The van der Waals surface area contributed by atoms with Gasteiger partial charge in [0.25, 0.3) is 11.6 Å². The molecule has 0 heterocycles. The van der Waals surface area contributed by atoms with Gasteiger partial charge < -0.3 is 0 Å². The maximum Gasteiger partial charge on any atom is 0.276 e. The van der Waals surface area contributed by atoms with Crippen molar-refractivity contribution < 1.29 is 9.72 Å². The predicted molar refractivity (Wildman–Crippen MR) is 95.4 cm³/mol. The van der Waals surface area contributed by atoms with Gasteiger partial charge in [-0.15, -0.1) is 0 Å². The summed E-state index contributed by atoms with van der Waals surface area (Å²) in [5.41, 5.74) is 5.43. The van der Waals surface area contributed by atoms with Gasteiger partial charge in [-0.25, -0.2) is 0 Å². The number of nitro groups is 1.